The van der Waals surface area contributed by atoms with Crippen LogP contribution in [0, 0.1) is 6.92 Å². The molecule has 0 aliphatic carbocycles. The second-order valence-corrected chi connectivity index (χ2v) is 2.78. The molecule has 0 aliphatic rings. The maximum absolute atomic E-state index is 8.88. The van der Waals surface area contributed by atoms with Crippen molar-refractivity contribution in [2.24, 2.45) is 0 Å². The molecule has 0 aliphatic heterocycles. The van der Waals surface area contributed by atoms with E-state index in [0.717, 1.165) is 0 Å². The molecule has 14 heavy (non-hydrogen) atoms. The summed E-state index contributed by atoms with van der Waals surface area (Å²) in [6.07, 6.45) is 0. The van der Waals surface area contributed by atoms with Crippen LogP contribution in [0.3, 0.4) is 0 Å². The van der Waals surface area contributed by atoms with Crippen molar-refractivity contribution in [3.8, 4) is 11.5 Å². The molecule has 0 atom stereocenters. The lowest BCUT2D eigenvalue weighted by Crippen LogP contribution is -2.12. The number of nitrogens with zero attached hydrogens (tertiary/aromatic N) is 1. The summed E-state index contributed by atoms with van der Waals surface area (Å²) in [6, 6.07) is 3.14. The molecule has 0 unspecified atom stereocenters. The molecular weight excluding hydrogens is 186 g/mol. The fraction of sp³-hybridized carbons (Fsp3) is 0.333. The first-order chi connectivity index (χ1) is 6.60. The molecule has 0 bridgehead atoms. The van der Waals surface area contributed by atoms with Gasteiger partial charge in [0.05, 0.1) is 14.2 Å². The van der Waals surface area contributed by atoms with Crippen molar-refractivity contribution in [2.75, 3.05) is 19.4 Å². The summed E-state index contributed by atoms with van der Waals surface area (Å²) in [4.78, 5) is 0. The van der Waals surface area contributed by atoms with Crippen LogP contribution < -0.4 is 14.7 Å². The Labute approximate surface area is 82.0 Å². The number of benzene rings is 1. The van der Waals surface area contributed by atoms with Gasteiger partial charge in [-0.05, 0) is 18.6 Å². The second-order valence-electron chi connectivity index (χ2n) is 2.78. The summed E-state index contributed by atoms with van der Waals surface area (Å²) < 4.78 is 10.1. The average Bonchev–Trinajstić information content (AvgIpc) is 2.16. The highest BCUT2D eigenvalue weighted by Gasteiger charge is 2.11. The fourth-order valence-electron chi connectivity index (χ4n) is 1.19. The molecule has 2 N–H and O–H groups in total. The Morgan fingerprint density at radius 3 is 2.00 bits per heavy atom. The van der Waals surface area contributed by atoms with Crippen molar-refractivity contribution in [1.29, 1.82) is 0 Å². The maximum Gasteiger partial charge on any atom is 0.162 e. The van der Waals surface area contributed by atoms with E-state index in [1.807, 2.05) is 0 Å². The van der Waals surface area contributed by atoms with Gasteiger partial charge in [0.25, 0.3) is 0 Å². The fourth-order valence-corrected chi connectivity index (χ4v) is 1.19. The minimum atomic E-state index is 0.0529. The van der Waals surface area contributed by atoms with Gasteiger partial charge in [0.2, 0.25) is 0 Å². The number of rotatable bonds is 3. The molecule has 0 saturated heterocycles. The largest absolute Gasteiger partial charge is 0.493 e. The highest BCUT2D eigenvalue weighted by Crippen LogP contribution is 2.33. The van der Waals surface area contributed by atoms with Crippen LogP contribution in [0.2, 0.25) is 0 Å². The molecule has 5 nitrogen and oxygen atoms in total. The zero-order valence-corrected chi connectivity index (χ0v) is 8.31. The number of aryl methyl sites for hydroxylation is 1. The van der Waals surface area contributed by atoms with E-state index in [1.165, 1.54) is 20.3 Å². The van der Waals surface area contributed by atoms with Gasteiger partial charge in [0.1, 0.15) is 5.69 Å². The van der Waals surface area contributed by atoms with Crippen LogP contribution in [0.25, 0.3) is 0 Å². The Bertz CT molecular complexity index is 325. The third kappa shape index (κ3) is 1.89. The number of anilines is 1. The van der Waals surface area contributed by atoms with E-state index in [1.54, 1.807) is 13.0 Å². The summed E-state index contributed by atoms with van der Waals surface area (Å²) in [5.74, 6) is 0.997. The SMILES string of the molecule is COc1cc(C)c(N(O)O)cc1OC. The summed E-state index contributed by atoms with van der Waals surface area (Å²) in [7, 11) is 3.00. The Kier molecular flexibility index (Phi) is 3.16. The molecule has 0 amide bonds. The van der Waals surface area contributed by atoms with Gasteiger partial charge in [-0.2, -0.15) is 0 Å². The van der Waals surface area contributed by atoms with Gasteiger partial charge < -0.3 is 9.47 Å². The lowest BCUT2D eigenvalue weighted by molar-refractivity contribution is 0.0287. The molecule has 0 fully saturated rings. The first kappa shape index (κ1) is 10.6. The van der Waals surface area contributed by atoms with Crippen LogP contribution >= 0.6 is 0 Å². The van der Waals surface area contributed by atoms with Crippen molar-refractivity contribution >= 4 is 5.69 Å². The van der Waals surface area contributed by atoms with Crippen LogP contribution in [0.5, 0.6) is 11.5 Å². The summed E-state index contributed by atoms with van der Waals surface area (Å²) in [5, 5.41) is 17.8. The molecule has 0 spiro atoms. The molecule has 1 aromatic rings. The molecule has 78 valence electrons. The number of methoxy groups -OCH3 is 2. The van der Waals surface area contributed by atoms with Gasteiger partial charge >= 0.3 is 0 Å². The summed E-state index contributed by atoms with van der Waals surface area (Å²) >= 11 is 0. The van der Waals surface area contributed by atoms with Crippen molar-refractivity contribution < 1.29 is 19.9 Å². The average molecular weight is 199 g/mol. The third-order valence-electron chi connectivity index (χ3n) is 1.92. The normalized spacial score (nSPS) is 9.79. The summed E-state index contributed by atoms with van der Waals surface area (Å²) in [5.41, 5.74) is 0.926. The zero-order valence-electron chi connectivity index (χ0n) is 8.31. The highest BCUT2D eigenvalue weighted by atomic mass is 16.8. The van der Waals surface area contributed by atoms with Gasteiger partial charge in [-0.25, -0.2) is 0 Å². The van der Waals surface area contributed by atoms with Gasteiger partial charge in [0.15, 0.2) is 11.5 Å². The lowest BCUT2D eigenvalue weighted by atomic mass is 10.2. The van der Waals surface area contributed by atoms with E-state index in [2.05, 4.69) is 0 Å². The van der Waals surface area contributed by atoms with E-state index in [0.29, 0.717) is 17.1 Å². The first-order valence-electron chi connectivity index (χ1n) is 4.00. The van der Waals surface area contributed by atoms with Crippen LogP contribution in [0.1, 0.15) is 5.56 Å². The Morgan fingerprint density at radius 1 is 1.07 bits per heavy atom. The van der Waals surface area contributed by atoms with Crippen LogP contribution in [-0.2, 0) is 0 Å². The molecule has 0 radical (unpaired) electrons. The van der Waals surface area contributed by atoms with Gasteiger partial charge in [-0.15, -0.1) is 5.23 Å². The molecule has 5 heteroatoms. The van der Waals surface area contributed by atoms with Gasteiger partial charge in [0, 0.05) is 6.07 Å². The van der Waals surface area contributed by atoms with Crippen molar-refractivity contribution in [3.05, 3.63) is 17.7 Å². The Morgan fingerprint density at radius 2 is 1.57 bits per heavy atom. The summed E-state index contributed by atoms with van der Waals surface area (Å²) in [6.45, 7) is 1.73. The topological polar surface area (TPSA) is 62.2 Å². The molecule has 0 aromatic heterocycles. The second kappa shape index (κ2) is 4.17. The highest BCUT2D eigenvalue weighted by molar-refractivity contribution is 5.59. The van der Waals surface area contributed by atoms with Crippen LogP contribution in [-0.4, -0.2) is 24.6 Å². The standard InChI is InChI=1S/C9H13NO4/c1-6-4-8(13-2)9(14-3)5-7(6)10(11)12/h4-5,11-12H,1-3H3. The molecular formula is C9H13NO4. The number of hydrogen-bond acceptors (Lipinski definition) is 5. The zero-order chi connectivity index (χ0) is 10.7. The van der Waals surface area contributed by atoms with E-state index in [9.17, 15) is 0 Å². The minimum Gasteiger partial charge on any atom is -0.493 e. The van der Waals surface area contributed by atoms with E-state index < -0.39 is 0 Å². The van der Waals surface area contributed by atoms with E-state index in [4.69, 9.17) is 19.9 Å². The third-order valence-corrected chi connectivity index (χ3v) is 1.92. The maximum atomic E-state index is 8.88. The van der Waals surface area contributed by atoms with Gasteiger partial charge in [-0.3, -0.25) is 10.4 Å². The molecule has 1 aromatic carbocycles. The van der Waals surface area contributed by atoms with E-state index in [-0.39, 0.29) is 10.9 Å². The van der Waals surface area contributed by atoms with Gasteiger partial charge in [-0.1, -0.05) is 0 Å². The minimum absolute atomic E-state index is 0.0529. The van der Waals surface area contributed by atoms with E-state index >= 15 is 0 Å². The van der Waals surface area contributed by atoms with Crippen molar-refractivity contribution in [2.45, 2.75) is 6.92 Å². The van der Waals surface area contributed by atoms with Crippen molar-refractivity contribution in [1.82, 2.24) is 0 Å². The number of hydrogen-bond donors (Lipinski definition) is 2. The first-order valence-corrected chi connectivity index (χ1v) is 4.00. The predicted octanol–water partition coefficient (Wildman–Crippen LogP) is 1.60. The molecule has 0 heterocycles. The molecule has 0 saturated carbocycles. The van der Waals surface area contributed by atoms with Crippen LogP contribution in [0.4, 0.5) is 5.69 Å². The monoisotopic (exact) mass is 199 g/mol. The van der Waals surface area contributed by atoms with Crippen molar-refractivity contribution in [3.63, 3.8) is 0 Å². The Hall–Kier alpha value is -1.46. The quantitative estimate of drug-likeness (QED) is 0.724. The molecule has 1 rings (SSSR count). The Balaban J connectivity index is 3.23. The smallest absolute Gasteiger partial charge is 0.162 e. The predicted molar refractivity (Wildman–Crippen MR) is 50.3 cm³/mol. The number of ether oxygens (including phenoxy) is 2. The van der Waals surface area contributed by atoms with Crippen LogP contribution in [0.15, 0.2) is 12.1 Å². The lowest BCUT2D eigenvalue weighted by Gasteiger charge is -2.15.